The Labute approximate surface area is 228 Å². The number of nitrogens with zero attached hydrogens (tertiary/aromatic N) is 3. The molecule has 1 aromatic carbocycles. The molecule has 1 unspecified atom stereocenters. The summed E-state index contributed by atoms with van der Waals surface area (Å²) in [4.78, 5) is 34.3. The average Bonchev–Trinajstić information content (AvgIpc) is 3.46. The third-order valence-corrected chi connectivity index (χ3v) is 7.42. The Hall–Kier alpha value is -2.81. The summed E-state index contributed by atoms with van der Waals surface area (Å²) in [7, 11) is 0. The second-order valence-electron chi connectivity index (χ2n) is 8.66. The molecule has 2 atom stereocenters. The molecule has 0 amide bonds. The van der Waals surface area contributed by atoms with Gasteiger partial charge in [-0.15, -0.1) is 11.3 Å². The number of rotatable bonds is 10. The number of likely N-dealkylation sites (tertiary alicyclic amines) is 1. The highest BCUT2D eigenvalue weighted by Crippen LogP contribution is 2.38. The van der Waals surface area contributed by atoms with Gasteiger partial charge in [0.2, 0.25) is 0 Å². The van der Waals surface area contributed by atoms with Crippen LogP contribution >= 0.6 is 27.3 Å². The molecule has 0 bridgehead atoms. The van der Waals surface area contributed by atoms with Gasteiger partial charge in [-0.2, -0.15) is 0 Å². The maximum atomic E-state index is 14.8. The van der Waals surface area contributed by atoms with E-state index in [4.69, 9.17) is 19.6 Å². The zero-order chi connectivity index (χ0) is 27.4. The van der Waals surface area contributed by atoms with Crippen LogP contribution in [0.5, 0.6) is 0 Å². The minimum absolute atomic E-state index is 0.0702. The van der Waals surface area contributed by atoms with E-state index in [-0.39, 0.29) is 25.3 Å². The van der Waals surface area contributed by atoms with Gasteiger partial charge in [-0.05, 0) is 24.6 Å². The number of alkyl halides is 2. The number of carbonyl (C=O) groups is 2. The molecule has 9 nitrogen and oxygen atoms in total. The van der Waals surface area contributed by atoms with Crippen LogP contribution in [0, 0.1) is 11.7 Å². The SMILES string of the molecule is CCOC(=O)C1=C(CN2CC(COCC(=O)O)C(F)(F)C2)NC(c2nccs2)=N[C@H]1c1ccc(F)cc1Br. The summed E-state index contributed by atoms with van der Waals surface area (Å²) in [6.07, 6.45) is 1.58. The average molecular weight is 617 g/mol. The quantitative estimate of drug-likeness (QED) is 0.389. The largest absolute Gasteiger partial charge is 0.480 e. The number of aliphatic carboxylic acids is 1. The molecule has 3 heterocycles. The molecule has 1 fully saturated rings. The Balaban J connectivity index is 1.70. The van der Waals surface area contributed by atoms with Gasteiger partial charge in [-0.1, -0.05) is 22.0 Å². The van der Waals surface area contributed by atoms with Gasteiger partial charge >= 0.3 is 11.9 Å². The number of carboxylic acid groups (broad SMARTS) is 1. The van der Waals surface area contributed by atoms with Crippen LogP contribution in [0.25, 0.3) is 0 Å². The van der Waals surface area contributed by atoms with E-state index in [0.29, 0.717) is 26.6 Å². The number of carboxylic acids is 1. The number of ether oxygens (including phenoxy) is 2. The lowest BCUT2D eigenvalue weighted by Crippen LogP contribution is -2.39. The second-order valence-corrected chi connectivity index (χ2v) is 10.4. The molecule has 2 aliphatic heterocycles. The number of amidine groups is 1. The summed E-state index contributed by atoms with van der Waals surface area (Å²) in [6, 6.07) is 3.05. The topological polar surface area (TPSA) is 113 Å². The van der Waals surface area contributed by atoms with Gasteiger partial charge in [0, 0.05) is 34.8 Å². The van der Waals surface area contributed by atoms with E-state index in [0.717, 1.165) is 0 Å². The van der Waals surface area contributed by atoms with Gasteiger partial charge in [0.05, 0.1) is 31.2 Å². The van der Waals surface area contributed by atoms with Crippen LogP contribution in [-0.2, 0) is 19.1 Å². The molecule has 2 N–H and O–H groups in total. The van der Waals surface area contributed by atoms with Crippen molar-refractivity contribution in [2.45, 2.75) is 18.9 Å². The van der Waals surface area contributed by atoms with Crippen molar-refractivity contribution < 1.29 is 37.3 Å². The fourth-order valence-corrected chi connectivity index (χ4v) is 5.47. The number of halogens is 4. The van der Waals surface area contributed by atoms with Crippen LogP contribution in [0.4, 0.5) is 13.2 Å². The highest BCUT2D eigenvalue weighted by Gasteiger charge is 2.48. The van der Waals surface area contributed by atoms with Gasteiger partial charge in [0.25, 0.3) is 5.92 Å². The molecular weight excluding hydrogens is 593 g/mol. The van der Waals surface area contributed by atoms with Crippen molar-refractivity contribution in [2.24, 2.45) is 10.9 Å². The van der Waals surface area contributed by atoms with Gasteiger partial charge in [0.1, 0.15) is 18.5 Å². The van der Waals surface area contributed by atoms with Crippen molar-refractivity contribution in [1.29, 1.82) is 0 Å². The van der Waals surface area contributed by atoms with Crippen LogP contribution in [0.2, 0.25) is 0 Å². The molecule has 2 aromatic rings. The Morgan fingerprint density at radius 3 is 2.82 bits per heavy atom. The molecular formula is C24H24BrF3N4O5S. The van der Waals surface area contributed by atoms with E-state index >= 15 is 0 Å². The van der Waals surface area contributed by atoms with Crippen LogP contribution in [-0.4, -0.2) is 78.1 Å². The number of hydrogen-bond donors (Lipinski definition) is 2. The molecule has 14 heteroatoms. The first-order valence-corrected chi connectivity index (χ1v) is 13.3. The van der Waals surface area contributed by atoms with Crippen LogP contribution < -0.4 is 5.32 Å². The smallest absolute Gasteiger partial charge is 0.338 e. The Morgan fingerprint density at radius 1 is 1.37 bits per heavy atom. The summed E-state index contributed by atoms with van der Waals surface area (Å²) >= 11 is 4.65. The lowest BCUT2D eigenvalue weighted by molar-refractivity contribution is -0.144. The van der Waals surface area contributed by atoms with Crippen LogP contribution in [0.1, 0.15) is 23.5 Å². The van der Waals surface area contributed by atoms with Crippen molar-refractivity contribution in [3.05, 3.63) is 61.9 Å². The molecule has 0 radical (unpaired) electrons. The monoisotopic (exact) mass is 616 g/mol. The van der Waals surface area contributed by atoms with Crippen molar-refractivity contribution in [1.82, 2.24) is 15.2 Å². The van der Waals surface area contributed by atoms with Crippen LogP contribution in [0.15, 0.2) is 50.5 Å². The van der Waals surface area contributed by atoms with Gasteiger partial charge < -0.3 is 19.9 Å². The molecule has 1 aromatic heterocycles. The van der Waals surface area contributed by atoms with E-state index in [1.807, 2.05) is 0 Å². The maximum absolute atomic E-state index is 14.8. The molecule has 1 saturated heterocycles. The van der Waals surface area contributed by atoms with E-state index in [2.05, 4.69) is 26.2 Å². The highest BCUT2D eigenvalue weighted by atomic mass is 79.9. The van der Waals surface area contributed by atoms with Gasteiger partial charge in [-0.3, -0.25) is 9.89 Å². The predicted molar refractivity (Wildman–Crippen MR) is 136 cm³/mol. The molecule has 204 valence electrons. The molecule has 0 spiro atoms. The van der Waals surface area contributed by atoms with Crippen molar-refractivity contribution >= 4 is 45.0 Å². The molecule has 38 heavy (non-hydrogen) atoms. The van der Waals surface area contributed by atoms with E-state index in [9.17, 15) is 22.8 Å². The first-order chi connectivity index (χ1) is 18.1. The third-order valence-electron chi connectivity index (χ3n) is 5.95. The highest BCUT2D eigenvalue weighted by molar-refractivity contribution is 9.10. The number of nitrogens with one attached hydrogen (secondary N) is 1. The first-order valence-electron chi connectivity index (χ1n) is 11.6. The van der Waals surface area contributed by atoms with Gasteiger partial charge in [-0.25, -0.2) is 27.7 Å². The number of carbonyl (C=O) groups excluding carboxylic acids is 1. The van der Waals surface area contributed by atoms with Crippen molar-refractivity contribution in [3.63, 3.8) is 0 Å². The lowest BCUT2D eigenvalue weighted by Gasteiger charge is -2.29. The van der Waals surface area contributed by atoms with Crippen molar-refractivity contribution in [2.75, 3.05) is 39.5 Å². The van der Waals surface area contributed by atoms with Crippen LogP contribution in [0.3, 0.4) is 0 Å². The molecule has 0 aliphatic carbocycles. The Kier molecular flexibility index (Phi) is 8.85. The van der Waals surface area contributed by atoms with E-state index in [1.165, 1.54) is 34.4 Å². The zero-order valence-electron chi connectivity index (χ0n) is 20.1. The predicted octanol–water partition coefficient (Wildman–Crippen LogP) is 3.62. The van der Waals surface area contributed by atoms with E-state index in [1.54, 1.807) is 18.5 Å². The molecule has 0 saturated carbocycles. The lowest BCUT2D eigenvalue weighted by atomic mass is 9.95. The summed E-state index contributed by atoms with van der Waals surface area (Å²) in [6.45, 7) is -0.186. The Morgan fingerprint density at radius 2 is 2.16 bits per heavy atom. The molecule has 4 rings (SSSR count). The van der Waals surface area contributed by atoms with Gasteiger partial charge in [0.15, 0.2) is 10.8 Å². The number of hydrogen-bond acceptors (Lipinski definition) is 9. The zero-order valence-corrected chi connectivity index (χ0v) is 22.5. The Bertz CT molecular complexity index is 1260. The normalized spacial score (nSPS) is 21.2. The third kappa shape index (κ3) is 6.42. The summed E-state index contributed by atoms with van der Waals surface area (Å²) < 4.78 is 54.0. The minimum Gasteiger partial charge on any atom is -0.480 e. The molecule has 2 aliphatic rings. The number of thiazole rings is 1. The van der Waals surface area contributed by atoms with E-state index < -0.39 is 55.4 Å². The maximum Gasteiger partial charge on any atom is 0.338 e. The number of aliphatic imine (C=N–C) groups is 1. The second kappa shape index (κ2) is 11.9. The summed E-state index contributed by atoms with van der Waals surface area (Å²) in [5.74, 6) is -6.46. The van der Waals surface area contributed by atoms with Crippen molar-refractivity contribution in [3.8, 4) is 0 Å². The number of aromatic nitrogens is 1. The summed E-state index contributed by atoms with van der Waals surface area (Å²) in [5, 5.41) is 14.1. The fraction of sp³-hybridized carbons (Fsp3) is 0.417. The summed E-state index contributed by atoms with van der Waals surface area (Å²) in [5.41, 5.74) is 0.885. The first kappa shape index (κ1) is 28.2. The minimum atomic E-state index is -3.14. The number of benzene rings is 1. The fourth-order valence-electron chi connectivity index (χ4n) is 4.31. The number of esters is 1. The standard InChI is InChI=1S/C24H24BrF3N4O5S/c1-2-37-23(35)19-17(9-32-8-13(24(27,28)12-32)10-36-11-18(33)34)30-21(22-29-5-6-38-22)31-20(19)15-4-3-14(26)7-16(15)25/h3-7,13,20H,2,8-12H2,1H3,(H,30,31)(H,33,34)/t13?,20-/m0/s1.